The van der Waals surface area contributed by atoms with E-state index < -0.39 is 44.6 Å². The van der Waals surface area contributed by atoms with Crippen LogP contribution >= 0.6 is 0 Å². The first-order valence-corrected chi connectivity index (χ1v) is 10.2. The average Bonchev–Trinajstić information content (AvgIpc) is 2.28. The van der Waals surface area contributed by atoms with Gasteiger partial charge in [0.2, 0.25) is 0 Å². The second-order valence-electron chi connectivity index (χ2n) is 7.95. The molecule has 0 aromatic heterocycles. The highest BCUT2D eigenvalue weighted by molar-refractivity contribution is 8.01. The van der Waals surface area contributed by atoms with Crippen LogP contribution in [0.4, 0.5) is 18.0 Å². The van der Waals surface area contributed by atoms with E-state index in [9.17, 15) is 27.0 Å². The van der Waals surface area contributed by atoms with Gasteiger partial charge in [0.25, 0.3) is 0 Å². The second-order valence-corrected chi connectivity index (χ2v) is 10.8. The second kappa shape index (κ2) is 7.97. The van der Waals surface area contributed by atoms with Gasteiger partial charge in [0.05, 0.1) is 11.5 Å². The van der Waals surface area contributed by atoms with E-state index >= 15 is 0 Å². The number of alkyl carbamates (subject to hydrolysis) is 1. The lowest BCUT2D eigenvalue weighted by Crippen LogP contribution is -2.45. The zero-order chi connectivity index (χ0) is 20.3. The average molecular weight is 387 g/mol. The quantitative estimate of drug-likeness (QED) is 0.711. The van der Waals surface area contributed by atoms with Gasteiger partial charge in [-0.15, -0.1) is 0 Å². The summed E-state index contributed by atoms with van der Waals surface area (Å²) in [6, 6.07) is -1.24. The van der Waals surface area contributed by atoms with Crippen LogP contribution in [-0.2, 0) is 19.1 Å². The molecule has 0 fully saturated rings. The van der Waals surface area contributed by atoms with E-state index in [-0.39, 0.29) is 12.8 Å². The Morgan fingerprint density at radius 3 is 1.96 bits per heavy atom. The molecule has 25 heavy (non-hydrogen) atoms. The molecule has 0 heterocycles. The Hall–Kier alpha value is -1.25. The standard InChI is InChI=1S/C16H28F3NO4S/c1-14(2,3)24-13(22)20-11(12(21)10-25(6,7)23)8-9-15(4,5)16(17,18)19/h10-11H,8-9H2,1-7H3,(H,20,22)/t11-/m0/s1. The molecule has 148 valence electrons. The van der Waals surface area contributed by atoms with Crippen LogP contribution in [0.25, 0.3) is 0 Å². The highest BCUT2D eigenvalue weighted by atomic mass is 32.2. The van der Waals surface area contributed by atoms with Gasteiger partial charge in [-0.2, -0.15) is 13.2 Å². The third kappa shape index (κ3) is 9.72. The number of amides is 1. The highest BCUT2D eigenvalue weighted by Crippen LogP contribution is 2.41. The summed E-state index contributed by atoms with van der Waals surface area (Å²) in [6.07, 6.45) is -3.34. The molecule has 0 unspecified atom stereocenters. The Balaban J connectivity index is 5.32. The Morgan fingerprint density at radius 1 is 1.12 bits per heavy atom. The van der Waals surface area contributed by atoms with Crippen molar-refractivity contribution in [2.75, 3.05) is 12.5 Å². The fourth-order valence-corrected chi connectivity index (χ4v) is 2.47. The summed E-state index contributed by atoms with van der Waals surface area (Å²) in [6.45, 7) is 6.90. The predicted octanol–water partition coefficient (Wildman–Crippen LogP) is 3.16. The summed E-state index contributed by atoms with van der Waals surface area (Å²) < 4.78 is 55.8. The number of nitrogens with one attached hydrogen (secondary N) is 1. The van der Waals surface area contributed by atoms with Crippen LogP contribution in [0.15, 0.2) is 0 Å². The van der Waals surface area contributed by atoms with E-state index in [0.29, 0.717) is 0 Å². The zero-order valence-corrected chi connectivity index (χ0v) is 16.6. The van der Waals surface area contributed by atoms with E-state index in [2.05, 4.69) is 5.32 Å². The normalized spacial score (nSPS) is 14.6. The number of ether oxygens (including phenoxy) is 1. The number of Topliss-reactive ketones (excluding diaryl/α,β-unsaturated/α-hetero) is 1. The van der Waals surface area contributed by atoms with Crippen LogP contribution in [0.2, 0.25) is 0 Å². The molecule has 0 aliphatic rings. The van der Waals surface area contributed by atoms with Crippen molar-refractivity contribution in [3.8, 4) is 0 Å². The first kappa shape index (κ1) is 23.8. The summed E-state index contributed by atoms with van der Waals surface area (Å²) in [5.41, 5.74) is -2.85. The maximum atomic E-state index is 13.0. The molecular weight excluding hydrogens is 359 g/mol. The molecule has 0 aliphatic heterocycles. The summed E-state index contributed by atoms with van der Waals surface area (Å²) in [5, 5.41) is 3.23. The third-order valence-corrected chi connectivity index (χ3v) is 4.06. The van der Waals surface area contributed by atoms with E-state index in [1.807, 2.05) is 0 Å². The summed E-state index contributed by atoms with van der Waals surface area (Å²) in [4.78, 5) is 24.1. The molecule has 5 nitrogen and oxygen atoms in total. The monoisotopic (exact) mass is 387 g/mol. The van der Waals surface area contributed by atoms with Gasteiger partial charge < -0.3 is 10.1 Å². The Kier molecular flexibility index (Phi) is 7.57. The molecule has 0 saturated heterocycles. The van der Waals surface area contributed by atoms with E-state index in [0.717, 1.165) is 19.2 Å². The molecule has 9 heteroatoms. The Labute approximate surface area is 147 Å². The number of ketones is 1. The molecule has 1 atom stereocenters. The highest BCUT2D eigenvalue weighted by Gasteiger charge is 2.47. The van der Waals surface area contributed by atoms with E-state index in [4.69, 9.17) is 4.74 Å². The Morgan fingerprint density at radius 2 is 1.60 bits per heavy atom. The van der Waals surface area contributed by atoms with Gasteiger partial charge in [0, 0.05) is 17.9 Å². The number of halogens is 3. The van der Waals surface area contributed by atoms with Crippen LogP contribution in [0, 0.1) is 5.41 Å². The van der Waals surface area contributed by atoms with Gasteiger partial charge in [-0.25, -0.2) is 4.79 Å². The maximum Gasteiger partial charge on any atom is 0.408 e. The summed E-state index contributed by atoms with van der Waals surface area (Å²) in [7, 11) is -2.56. The van der Waals surface area contributed by atoms with Crippen molar-refractivity contribution in [2.24, 2.45) is 5.41 Å². The molecule has 0 radical (unpaired) electrons. The summed E-state index contributed by atoms with van der Waals surface area (Å²) in [5.74, 6) is -0.696. The molecule has 0 aromatic rings. The number of rotatable bonds is 6. The molecule has 1 amide bonds. The minimum absolute atomic E-state index is 0.253. The third-order valence-electron chi connectivity index (χ3n) is 3.26. The van der Waals surface area contributed by atoms with Gasteiger partial charge in [-0.1, -0.05) is 13.8 Å². The van der Waals surface area contributed by atoms with Crippen LogP contribution < -0.4 is 5.32 Å². The fourth-order valence-electron chi connectivity index (χ4n) is 1.74. The van der Waals surface area contributed by atoms with Gasteiger partial charge in [0.1, 0.15) is 5.60 Å². The minimum Gasteiger partial charge on any atom is -0.444 e. The summed E-state index contributed by atoms with van der Waals surface area (Å²) >= 11 is 0. The van der Waals surface area contributed by atoms with Crippen LogP contribution in [0.3, 0.4) is 0 Å². The molecule has 0 saturated carbocycles. The van der Waals surface area contributed by atoms with Crippen LogP contribution in [0.1, 0.15) is 47.5 Å². The van der Waals surface area contributed by atoms with Crippen molar-refractivity contribution < 1.29 is 31.7 Å². The molecule has 0 bridgehead atoms. The van der Waals surface area contributed by atoms with Crippen molar-refractivity contribution in [1.29, 1.82) is 0 Å². The lowest BCUT2D eigenvalue weighted by Gasteiger charge is -2.29. The lowest BCUT2D eigenvalue weighted by molar-refractivity contribution is -0.214. The largest absolute Gasteiger partial charge is 0.444 e. The SMILES string of the molecule is CC(C)(C)OC(=O)N[C@@H](CCC(C)(C)C(F)(F)F)C(=O)C=S(C)(C)=O. The van der Waals surface area contributed by atoms with Gasteiger partial charge in [0.15, 0.2) is 5.78 Å². The first-order valence-electron chi connectivity index (χ1n) is 7.73. The van der Waals surface area contributed by atoms with Crippen LogP contribution in [0.5, 0.6) is 0 Å². The van der Waals surface area contributed by atoms with E-state index in [1.54, 1.807) is 20.8 Å². The molecule has 1 N–H and O–H groups in total. The maximum absolute atomic E-state index is 13.0. The smallest absolute Gasteiger partial charge is 0.408 e. The van der Waals surface area contributed by atoms with Crippen molar-refractivity contribution in [3.63, 3.8) is 0 Å². The molecule has 0 spiro atoms. The number of carbonyl (C=O) groups excluding carboxylic acids is 2. The topological polar surface area (TPSA) is 72.5 Å². The van der Waals surface area contributed by atoms with Crippen molar-refractivity contribution in [2.45, 2.75) is 65.3 Å². The van der Waals surface area contributed by atoms with Crippen molar-refractivity contribution in [3.05, 3.63) is 0 Å². The minimum atomic E-state index is -4.45. The van der Waals surface area contributed by atoms with Crippen LogP contribution in [-0.4, -0.2) is 51.8 Å². The van der Waals surface area contributed by atoms with Crippen molar-refractivity contribution >= 4 is 26.8 Å². The lowest BCUT2D eigenvalue weighted by atomic mass is 9.85. The molecular formula is C16H28F3NO4S. The molecule has 0 aromatic carbocycles. The zero-order valence-electron chi connectivity index (χ0n) is 15.7. The van der Waals surface area contributed by atoms with E-state index in [1.165, 1.54) is 12.5 Å². The van der Waals surface area contributed by atoms with Crippen molar-refractivity contribution in [1.82, 2.24) is 5.32 Å². The number of alkyl halides is 3. The fraction of sp³-hybridized carbons (Fsp3) is 0.812. The number of hydrogen-bond donors (Lipinski definition) is 1. The van der Waals surface area contributed by atoms with Gasteiger partial charge in [-0.05, 0) is 43.1 Å². The Bertz CT molecular complexity index is 604. The number of carbonyl (C=O) groups is 2. The molecule has 0 aliphatic carbocycles. The first-order chi connectivity index (χ1) is 10.8. The van der Waals surface area contributed by atoms with Gasteiger partial charge >= 0.3 is 12.3 Å². The predicted molar refractivity (Wildman–Crippen MR) is 93.3 cm³/mol. The molecule has 0 rings (SSSR count). The van der Waals surface area contributed by atoms with Gasteiger partial charge in [-0.3, -0.25) is 9.00 Å². The number of hydrogen-bond acceptors (Lipinski definition) is 4.